The summed E-state index contributed by atoms with van der Waals surface area (Å²) in [6.45, 7) is 5.25. The highest BCUT2D eigenvalue weighted by Gasteiger charge is 2.31. The Labute approximate surface area is 103 Å². The van der Waals surface area contributed by atoms with E-state index in [1.54, 1.807) is 20.8 Å². The largest absolute Gasteiger partial charge is 0.465 e. The van der Waals surface area contributed by atoms with Gasteiger partial charge in [0.25, 0.3) is 0 Å². The van der Waals surface area contributed by atoms with E-state index in [9.17, 15) is 13.6 Å². The summed E-state index contributed by atoms with van der Waals surface area (Å²) in [6.07, 6.45) is 0. The molecule has 1 rings (SSSR count). The maximum absolute atomic E-state index is 13.4. The van der Waals surface area contributed by atoms with Gasteiger partial charge in [0.15, 0.2) is 0 Å². The van der Waals surface area contributed by atoms with Crippen LogP contribution in [0.2, 0.25) is 0 Å². The third-order valence-electron chi connectivity index (χ3n) is 2.03. The van der Waals surface area contributed by atoms with E-state index in [0.29, 0.717) is 0 Å². The van der Waals surface area contributed by atoms with Gasteiger partial charge in [-0.05, 0) is 32.9 Å². The van der Waals surface area contributed by atoms with Crippen LogP contribution in [0.15, 0.2) is 23.1 Å². The Morgan fingerprint density at radius 1 is 1.41 bits per heavy atom. The van der Waals surface area contributed by atoms with E-state index in [-0.39, 0.29) is 11.5 Å². The maximum Gasteiger partial charge on any atom is 0.321 e. The average Bonchev–Trinajstić information content (AvgIpc) is 2.22. The van der Waals surface area contributed by atoms with E-state index in [4.69, 9.17) is 4.74 Å². The fourth-order valence-electron chi connectivity index (χ4n) is 1.18. The first-order chi connectivity index (χ1) is 7.86. The monoisotopic (exact) mass is 260 g/mol. The van der Waals surface area contributed by atoms with Crippen molar-refractivity contribution in [3.8, 4) is 0 Å². The SMILES string of the molecule is CCOC(=O)C(C)(C)Sc1ccc(F)cc1F. The lowest BCUT2D eigenvalue weighted by Gasteiger charge is -2.21. The summed E-state index contributed by atoms with van der Waals surface area (Å²) in [5.41, 5.74) is 0. The van der Waals surface area contributed by atoms with Gasteiger partial charge in [0.05, 0.1) is 6.61 Å². The van der Waals surface area contributed by atoms with Crippen molar-refractivity contribution in [1.29, 1.82) is 0 Å². The van der Waals surface area contributed by atoms with E-state index in [0.717, 1.165) is 23.9 Å². The number of carbonyl (C=O) groups excluding carboxylic acids is 1. The Morgan fingerprint density at radius 3 is 2.59 bits per heavy atom. The average molecular weight is 260 g/mol. The molecule has 0 spiro atoms. The van der Waals surface area contributed by atoms with Crippen molar-refractivity contribution in [3.63, 3.8) is 0 Å². The molecule has 0 aromatic heterocycles. The van der Waals surface area contributed by atoms with Crippen LogP contribution in [0.25, 0.3) is 0 Å². The van der Waals surface area contributed by atoms with Gasteiger partial charge < -0.3 is 4.74 Å². The summed E-state index contributed by atoms with van der Waals surface area (Å²) >= 11 is 1.01. The number of hydrogen-bond donors (Lipinski definition) is 0. The summed E-state index contributed by atoms with van der Waals surface area (Å²) in [4.78, 5) is 11.8. The van der Waals surface area contributed by atoms with Crippen molar-refractivity contribution in [3.05, 3.63) is 29.8 Å². The predicted molar refractivity (Wildman–Crippen MR) is 62.9 cm³/mol. The highest BCUT2D eigenvalue weighted by Crippen LogP contribution is 2.35. The molecule has 0 aliphatic heterocycles. The fraction of sp³-hybridized carbons (Fsp3) is 0.417. The summed E-state index contributed by atoms with van der Waals surface area (Å²) in [6, 6.07) is 3.27. The van der Waals surface area contributed by atoms with Gasteiger partial charge in [-0.25, -0.2) is 8.78 Å². The first-order valence-electron chi connectivity index (χ1n) is 5.18. The zero-order valence-electron chi connectivity index (χ0n) is 9.92. The first-order valence-corrected chi connectivity index (χ1v) is 5.99. The van der Waals surface area contributed by atoms with E-state index >= 15 is 0 Å². The number of esters is 1. The molecule has 94 valence electrons. The zero-order valence-corrected chi connectivity index (χ0v) is 10.7. The van der Waals surface area contributed by atoms with Gasteiger partial charge in [-0.15, -0.1) is 11.8 Å². The topological polar surface area (TPSA) is 26.3 Å². The first kappa shape index (κ1) is 14.0. The summed E-state index contributed by atoms with van der Waals surface area (Å²) < 4.78 is 30.1. The van der Waals surface area contributed by atoms with Gasteiger partial charge in [0.1, 0.15) is 16.4 Å². The molecule has 0 radical (unpaired) electrons. The Hall–Kier alpha value is -1.10. The highest BCUT2D eigenvalue weighted by atomic mass is 32.2. The van der Waals surface area contributed by atoms with Crippen LogP contribution in [0.5, 0.6) is 0 Å². The molecule has 0 unspecified atom stereocenters. The Balaban J connectivity index is 2.86. The molecule has 0 aliphatic carbocycles. The molecule has 0 N–H and O–H groups in total. The second-order valence-electron chi connectivity index (χ2n) is 3.91. The smallest absolute Gasteiger partial charge is 0.321 e. The van der Waals surface area contributed by atoms with Gasteiger partial charge >= 0.3 is 5.97 Å². The minimum Gasteiger partial charge on any atom is -0.465 e. The van der Waals surface area contributed by atoms with Gasteiger partial charge in [-0.2, -0.15) is 0 Å². The van der Waals surface area contributed by atoms with Crippen molar-refractivity contribution in [2.45, 2.75) is 30.4 Å². The van der Waals surface area contributed by atoms with Gasteiger partial charge in [0, 0.05) is 11.0 Å². The lowest BCUT2D eigenvalue weighted by molar-refractivity contribution is -0.145. The molecule has 1 aromatic carbocycles. The van der Waals surface area contributed by atoms with E-state index in [2.05, 4.69) is 0 Å². The van der Waals surface area contributed by atoms with Crippen LogP contribution in [-0.4, -0.2) is 17.3 Å². The van der Waals surface area contributed by atoms with Gasteiger partial charge in [-0.3, -0.25) is 4.79 Å². The van der Waals surface area contributed by atoms with Crippen LogP contribution in [0.1, 0.15) is 20.8 Å². The lowest BCUT2D eigenvalue weighted by atomic mass is 10.2. The molecule has 2 nitrogen and oxygen atoms in total. The minimum atomic E-state index is -0.908. The van der Waals surface area contributed by atoms with Crippen LogP contribution in [0, 0.1) is 11.6 Å². The molecule has 0 saturated carbocycles. The molecule has 17 heavy (non-hydrogen) atoms. The number of thioether (sulfide) groups is 1. The normalized spacial score (nSPS) is 11.4. The summed E-state index contributed by atoms with van der Waals surface area (Å²) in [5.74, 6) is -1.73. The van der Waals surface area contributed by atoms with Crippen LogP contribution in [0.4, 0.5) is 8.78 Å². The third-order valence-corrected chi connectivity index (χ3v) is 3.25. The Kier molecular flexibility index (Phi) is 4.51. The third kappa shape index (κ3) is 3.70. The molecule has 1 aromatic rings. The van der Waals surface area contributed by atoms with E-state index in [1.165, 1.54) is 6.07 Å². The fourth-order valence-corrected chi connectivity index (χ4v) is 2.16. The summed E-state index contributed by atoms with van der Waals surface area (Å²) in [5, 5.41) is 0. The molecule has 0 saturated heterocycles. The second-order valence-corrected chi connectivity index (χ2v) is 5.57. The number of hydrogen-bond acceptors (Lipinski definition) is 3. The number of carbonyl (C=O) groups is 1. The molecular weight excluding hydrogens is 246 g/mol. The highest BCUT2D eigenvalue weighted by molar-refractivity contribution is 8.01. The molecule has 0 heterocycles. The quantitative estimate of drug-likeness (QED) is 0.613. The number of halogens is 2. The maximum atomic E-state index is 13.4. The summed E-state index contributed by atoms with van der Waals surface area (Å²) in [7, 11) is 0. The van der Waals surface area contributed by atoms with E-state index in [1.807, 2.05) is 0 Å². The molecule has 0 aliphatic rings. The van der Waals surface area contributed by atoms with Crippen molar-refractivity contribution < 1.29 is 18.3 Å². The van der Waals surface area contributed by atoms with Crippen LogP contribution < -0.4 is 0 Å². The molecule has 0 bridgehead atoms. The standard InChI is InChI=1S/C12H14F2O2S/c1-4-16-11(15)12(2,3)17-10-6-5-8(13)7-9(10)14/h5-7H,4H2,1-3H3. The molecular formula is C12H14F2O2S. The predicted octanol–water partition coefficient (Wildman–Crippen LogP) is 3.40. The van der Waals surface area contributed by atoms with Crippen LogP contribution >= 0.6 is 11.8 Å². The number of benzene rings is 1. The van der Waals surface area contributed by atoms with E-state index < -0.39 is 22.4 Å². The Morgan fingerprint density at radius 2 is 2.06 bits per heavy atom. The zero-order chi connectivity index (χ0) is 13.1. The van der Waals surface area contributed by atoms with Crippen molar-refractivity contribution in [2.24, 2.45) is 0 Å². The van der Waals surface area contributed by atoms with Crippen molar-refractivity contribution in [2.75, 3.05) is 6.61 Å². The van der Waals surface area contributed by atoms with Crippen molar-refractivity contribution in [1.82, 2.24) is 0 Å². The lowest BCUT2D eigenvalue weighted by Crippen LogP contribution is -2.30. The second kappa shape index (κ2) is 5.49. The van der Waals surface area contributed by atoms with Crippen LogP contribution in [-0.2, 0) is 9.53 Å². The molecule has 0 atom stereocenters. The molecule has 5 heteroatoms. The Bertz CT molecular complexity index is 419. The molecule has 0 amide bonds. The molecule has 0 fully saturated rings. The minimum absolute atomic E-state index is 0.226. The van der Waals surface area contributed by atoms with Crippen LogP contribution in [0.3, 0.4) is 0 Å². The van der Waals surface area contributed by atoms with Gasteiger partial charge in [-0.1, -0.05) is 0 Å². The number of ether oxygens (including phenoxy) is 1. The number of rotatable bonds is 4. The van der Waals surface area contributed by atoms with Gasteiger partial charge in [0.2, 0.25) is 0 Å². The van der Waals surface area contributed by atoms with Crippen molar-refractivity contribution >= 4 is 17.7 Å².